The summed E-state index contributed by atoms with van der Waals surface area (Å²) in [5, 5.41) is 18.5. The Morgan fingerprint density at radius 2 is 2.16 bits per heavy atom. The van der Waals surface area contributed by atoms with Gasteiger partial charge in [0.15, 0.2) is 0 Å². The van der Waals surface area contributed by atoms with E-state index in [4.69, 9.17) is 19.9 Å². The maximum absolute atomic E-state index is 8.20. The van der Waals surface area contributed by atoms with E-state index in [0.29, 0.717) is 24.9 Å². The van der Waals surface area contributed by atoms with Gasteiger partial charge in [0.1, 0.15) is 17.5 Å². The fourth-order valence-corrected chi connectivity index (χ4v) is 5.42. The van der Waals surface area contributed by atoms with Crippen LogP contribution in [0.5, 0.6) is 0 Å². The molecule has 3 N–H and O–H groups in total. The third-order valence-corrected chi connectivity index (χ3v) is 7.16. The van der Waals surface area contributed by atoms with E-state index in [1.807, 2.05) is 6.07 Å². The fourth-order valence-electron chi connectivity index (χ4n) is 5.42. The molecule has 2 saturated heterocycles. The van der Waals surface area contributed by atoms with Gasteiger partial charge < -0.3 is 25.1 Å². The third kappa shape index (κ3) is 4.06. The summed E-state index contributed by atoms with van der Waals surface area (Å²) in [4.78, 5) is 7.28. The minimum absolute atomic E-state index is 0.104. The molecule has 2 aromatic rings. The van der Waals surface area contributed by atoms with Crippen molar-refractivity contribution in [3.63, 3.8) is 0 Å². The third-order valence-electron chi connectivity index (χ3n) is 7.16. The summed E-state index contributed by atoms with van der Waals surface area (Å²) in [6.45, 7) is 5.32. The second-order valence-corrected chi connectivity index (χ2v) is 9.10. The minimum atomic E-state index is 0.104. The highest BCUT2D eigenvalue weighted by molar-refractivity contribution is 5.88. The van der Waals surface area contributed by atoms with Crippen LogP contribution in [0, 0.1) is 5.41 Å². The average molecular weight is 425 g/mol. The van der Waals surface area contributed by atoms with Crippen molar-refractivity contribution in [2.75, 3.05) is 36.6 Å². The van der Waals surface area contributed by atoms with Crippen molar-refractivity contribution in [3.05, 3.63) is 29.5 Å². The van der Waals surface area contributed by atoms with Crippen molar-refractivity contribution in [3.8, 4) is 0 Å². The summed E-state index contributed by atoms with van der Waals surface area (Å²) in [5.74, 6) is 2.85. The number of ether oxygens (including phenoxy) is 2. The lowest BCUT2D eigenvalue weighted by Crippen LogP contribution is -2.44. The highest BCUT2D eigenvalue weighted by Crippen LogP contribution is 2.46. The Morgan fingerprint density at radius 3 is 2.84 bits per heavy atom. The predicted molar refractivity (Wildman–Crippen MR) is 121 cm³/mol. The summed E-state index contributed by atoms with van der Waals surface area (Å²) in [7, 11) is 0. The summed E-state index contributed by atoms with van der Waals surface area (Å²) >= 11 is 0. The molecule has 0 bridgehead atoms. The predicted octanol–water partition coefficient (Wildman–Crippen LogP) is 3.98. The van der Waals surface area contributed by atoms with E-state index >= 15 is 0 Å². The first-order valence-corrected chi connectivity index (χ1v) is 11.5. The summed E-state index contributed by atoms with van der Waals surface area (Å²) < 4.78 is 11.8. The van der Waals surface area contributed by atoms with E-state index in [0.717, 1.165) is 56.0 Å². The Hall–Kier alpha value is -2.45. The van der Waals surface area contributed by atoms with E-state index in [2.05, 4.69) is 33.4 Å². The molecule has 0 aromatic carbocycles. The van der Waals surface area contributed by atoms with Crippen LogP contribution in [0.4, 0.5) is 17.5 Å². The molecule has 8 heteroatoms. The standard InChI is InChI=1S/C23H32N6O2/c1-16-15-30-12-10-29(16)21-13-18(17-3-7-23(8-4-17)6-2-11-31-23)19(14-24)22(27-21)26-20-5-9-25-28-20/h5,9,13-14,16-17,24H,2-4,6-8,10-12,15H2,1H3,(H2,25,26,27,28)/t16-,17?,23?/m1/s1. The summed E-state index contributed by atoms with van der Waals surface area (Å²) in [6.07, 6.45) is 9.92. The number of anilines is 3. The first-order valence-electron chi connectivity index (χ1n) is 11.5. The number of H-pyrrole nitrogens is 1. The topological polar surface area (TPSA) is 99.1 Å². The van der Waals surface area contributed by atoms with Crippen molar-refractivity contribution in [1.29, 1.82) is 5.41 Å². The van der Waals surface area contributed by atoms with Gasteiger partial charge in [-0.25, -0.2) is 4.98 Å². The van der Waals surface area contributed by atoms with Crippen molar-refractivity contribution < 1.29 is 9.47 Å². The van der Waals surface area contributed by atoms with Gasteiger partial charge >= 0.3 is 0 Å². The van der Waals surface area contributed by atoms with Gasteiger partial charge in [0.05, 0.1) is 31.1 Å². The van der Waals surface area contributed by atoms with Crippen LogP contribution in [0.2, 0.25) is 0 Å². The van der Waals surface area contributed by atoms with E-state index in [9.17, 15) is 0 Å². The molecule has 2 aromatic heterocycles. The van der Waals surface area contributed by atoms with Gasteiger partial charge in [-0.15, -0.1) is 0 Å². The maximum Gasteiger partial charge on any atom is 0.143 e. The van der Waals surface area contributed by atoms with Crippen LogP contribution in [0.15, 0.2) is 18.3 Å². The molecule has 0 radical (unpaired) electrons. The molecule has 1 saturated carbocycles. The lowest BCUT2D eigenvalue weighted by molar-refractivity contribution is -0.0281. The number of pyridine rings is 1. The number of nitrogens with one attached hydrogen (secondary N) is 3. The summed E-state index contributed by atoms with van der Waals surface area (Å²) in [6, 6.07) is 4.36. The number of hydrogen-bond donors (Lipinski definition) is 3. The number of aromatic nitrogens is 3. The first-order chi connectivity index (χ1) is 15.2. The van der Waals surface area contributed by atoms with Crippen molar-refractivity contribution >= 4 is 23.7 Å². The number of nitrogens with zero attached hydrogens (tertiary/aromatic N) is 3. The molecule has 166 valence electrons. The van der Waals surface area contributed by atoms with Gasteiger partial charge in [0, 0.05) is 31.0 Å². The van der Waals surface area contributed by atoms with Gasteiger partial charge in [0.2, 0.25) is 0 Å². The largest absolute Gasteiger partial charge is 0.377 e. The molecular weight excluding hydrogens is 392 g/mol. The highest BCUT2D eigenvalue weighted by atomic mass is 16.5. The monoisotopic (exact) mass is 424 g/mol. The zero-order chi connectivity index (χ0) is 21.3. The molecule has 3 aliphatic rings. The van der Waals surface area contributed by atoms with Crippen molar-refractivity contribution in [2.45, 2.75) is 63.0 Å². The zero-order valence-corrected chi connectivity index (χ0v) is 18.2. The number of rotatable bonds is 5. The molecule has 31 heavy (non-hydrogen) atoms. The highest BCUT2D eigenvalue weighted by Gasteiger charge is 2.40. The SMILES string of the molecule is C[C@@H]1COCCN1c1cc(C2CCC3(CCCO3)CC2)c(C=N)c(Nc2ccn[nH]2)n1. The lowest BCUT2D eigenvalue weighted by Gasteiger charge is -2.38. The average Bonchev–Trinajstić information content (AvgIpc) is 3.47. The Balaban J connectivity index is 1.50. The molecule has 0 unspecified atom stereocenters. The molecule has 1 spiro atoms. The number of hydrogen-bond acceptors (Lipinski definition) is 7. The first kappa shape index (κ1) is 20.5. The van der Waals surface area contributed by atoms with Crippen LogP contribution in [-0.4, -0.2) is 59.4 Å². The maximum atomic E-state index is 8.20. The smallest absolute Gasteiger partial charge is 0.143 e. The molecule has 8 nitrogen and oxygen atoms in total. The van der Waals surface area contributed by atoms with Gasteiger partial charge in [-0.05, 0) is 63.0 Å². The molecule has 2 aliphatic heterocycles. The van der Waals surface area contributed by atoms with Gasteiger partial charge in [-0.3, -0.25) is 5.10 Å². The molecule has 1 aliphatic carbocycles. The molecule has 0 amide bonds. The molecule has 3 fully saturated rings. The molecule has 5 rings (SSSR count). The quantitative estimate of drug-likeness (QED) is 0.628. The Labute approximate surface area is 183 Å². The van der Waals surface area contributed by atoms with Crippen LogP contribution >= 0.6 is 0 Å². The zero-order valence-electron chi connectivity index (χ0n) is 18.2. The summed E-state index contributed by atoms with van der Waals surface area (Å²) in [5.41, 5.74) is 2.19. The normalized spacial score (nSPS) is 28.7. The van der Waals surface area contributed by atoms with Crippen molar-refractivity contribution in [2.24, 2.45) is 0 Å². The molecule has 1 atom stereocenters. The second-order valence-electron chi connectivity index (χ2n) is 9.10. The van der Waals surface area contributed by atoms with Crippen LogP contribution in [0.3, 0.4) is 0 Å². The molecular formula is C23H32N6O2. The van der Waals surface area contributed by atoms with Crippen LogP contribution in [0.1, 0.15) is 62.5 Å². The number of morpholine rings is 1. The Kier molecular flexibility index (Phi) is 5.67. The Morgan fingerprint density at radius 1 is 1.29 bits per heavy atom. The minimum Gasteiger partial charge on any atom is -0.377 e. The van der Waals surface area contributed by atoms with E-state index in [1.54, 1.807) is 6.20 Å². The number of aromatic amines is 1. The Bertz CT molecular complexity index is 899. The van der Waals surface area contributed by atoms with Crippen molar-refractivity contribution in [1.82, 2.24) is 15.2 Å². The van der Waals surface area contributed by atoms with Crippen LogP contribution < -0.4 is 10.2 Å². The van der Waals surface area contributed by atoms with E-state index in [1.165, 1.54) is 24.6 Å². The van der Waals surface area contributed by atoms with E-state index < -0.39 is 0 Å². The van der Waals surface area contributed by atoms with Crippen LogP contribution in [-0.2, 0) is 9.47 Å². The lowest BCUT2D eigenvalue weighted by atomic mass is 9.74. The molecule has 4 heterocycles. The van der Waals surface area contributed by atoms with Crippen LogP contribution in [0.25, 0.3) is 0 Å². The van der Waals surface area contributed by atoms with Gasteiger partial charge in [-0.1, -0.05) is 0 Å². The van der Waals surface area contributed by atoms with Gasteiger partial charge in [0.25, 0.3) is 0 Å². The van der Waals surface area contributed by atoms with E-state index in [-0.39, 0.29) is 11.6 Å². The fraction of sp³-hybridized carbons (Fsp3) is 0.609. The van der Waals surface area contributed by atoms with Gasteiger partial charge in [-0.2, -0.15) is 5.10 Å². The second kappa shape index (κ2) is 8.59.